The molecule has 9 aromatic carbocycles. The van der Waals surface area contributed by atoms with Crippen molar-refractivity contribution in [1.29, 1.82) is 0 Å². The lowest BCUT2D eigenvalue weighted by molar-refractivity contribution is 0.794. The highest BCUT2D eigenvalue weighted by molar-refractivity contribution is 6.10. The van der Waals surface area contributed by atoms with Gasteiger partial charge in [-0.05, 0) is 110 Å². The first-order valence-corrected chi connectivity index (χ1v) is 19.8. The van der Waals surface area contributed by atoms with Gasteiger partial charge in [-0.1, -0.05) is 164 Å². The van der Waals surface area contributed by atoms with Crippen LogP contribution in [0, 0.1) is 0 Å². The van der Waals surface area contributed by atoms with Crippen molar-refractivity contribution < 1.29 is 0 Å². The third-order valence-corrected chi connectivity index (χ3v) is 12.4. The molecule has 0 atom stereocenters. The third kappa shape index (κ3) is 4.53. The summed E-state index contributed by atoms with van der Waals surface area (Å²) in [5, 5.41) is 2.48. The molecule has 12 rings (SSSR count). The van der Waals surface area contributed by atoms with Gasteiger partial charge in [-0.15, -0.1) is 0 Å². The zero-order valence-electron chi connectivity index (χ0n) is 31.2. The van der Waals surface area contributed by atoms with Crippen LogP contribution in [0.2, 0.25) is 0 Å². The highest BCUT2D eigenvalue weighted by Gasteiger charge is 2.51. The van der Waals surface area contributed by atoms with Crippen LogP contribution in [0.3, 0.4) is 0 Å². The Morgan fingerprint density at radius 3 is 1.54 bits per heavy atom. The lowest BCUT2D eigenvalue weighted by atomic mass is 9.70. The number of anilines is 3. The van der Waals surface area contributed by atoms with E-state index < -0.39 is 0 Å². The predicted molar refractivity (Wildman–Crippen MR) is 237 cm³/mol. The number of fused-ring (bicyclic) bond motifs is 13. The maximum Gasteiger partial charge on any atom is 0.0725 e. The normalized spacial score (nSPS) is 13.1. The molecule has 2 heteroatoms. The minimum Gasteiger partial charge on any atom is -0.310 e. The highest BCUT2D eigenvalue weighted by atomic mass is 15.1. The molecule has 266 valence electrons. The number of rotatable bonds is 5. The molecule has 1 heterocycles. The van der Waals surface area contributed by atoms with Crippen molar-refractivity contribution in [1.82, 2.24) is 4.57 Å². The van der Waals surface area contributed by atoms with Crippen molar-refractivity contribution in [3.8, 4) is 39.1 Å². The zero-order chi connectivity index (χ0) is 37.5. The van der Waals surface area contributed by atoms with Crippen molar-refractivity contribution in [3.63, 3.8) is 0 Å². The topological polar surface area (TPSA) is 8.17 Å². The van der Waals surface area contributed by atoms with Crippen LogP contribution < -0.4 is 4.90 Å². The molecule has 0 fully saturated rings. The quantitative estimate of drug-likeness (QED) is 0.172. The van der Waals surface area contributed by atoms with E-state index >= 15 is 0 Å². The van der Waals surface area contributed by atoms with Gasteiger partial charge in [0.1, 0.15) is 0 Å². The molecule has 0 unspecified atom stereocenters. The van der Waals surface area contributed by atoms with Crippen LogP contribution in [0.4, 0.5) is 17.1 Å². The van der Waals surface area contributed by atoms with E-state index in [1.807, 2.05) is 0 Å². The summed E-state index contributed by atoms with van der Waals surface area (Å²) >= 11 is 0. The minimum absolute atomic E-state index is 0.384. The van der Waals surface area contributed by atoms with Gasteiger partial charge < -0.3 is 9.47 Å². The van der Waals surface area contributed by atoms with Crippen molar-refractivity contribution >= 4 is 38.9 Å². The largest absolute Gasteiger partial charge is 0.310 e. The Balaban J connectivity index is 1.12. The van der Waals surface area contributed by atoms with E-state index in [0.717, 1.165) is 22.7 Å². The van der Waals surface area contributed by atoms with Crippen LogP contribution >= 0.6 is 0 Å². The average molecular weight is 725 g/mol. The second-order valence-electron chi connectivity index (χ2n) is 15.3. The fourth-order valence-electron chi connectivity index (χ4n) is 10.1. The van der Waals surface area contributed by atoms with Crippen LogP contribution in [-0.4, -0.2) is 4.57 Å². The molecule has 0 amide bonds. The summed E-state index contributed by atoms with van der Waals surface area (Å²) in [4.78, 5) is 2.45. The van der Waals surface area contributed by atoms with Gasteiger partial charge in [0.2, 0.25) is 0 Å². The maximum absolute atomic E-state index is 2.45. The van der Waals surface area contributed by atoms with E-state index in [-0.39, 0.29) is 5.41 Å². The summed E-state index contributed by atoms with van der Waals surface area (Å²) in [6.07, 6.45) is 0. The monoisotopic (exact) mass is 724 g/mol. The molecule has 0 radical (unpaired) electrons. The molecule has 0 N–H and O–H groups in total. The minimum atomic E-state index is -0.384. The summed E-state index contributed by atoms with van der Waals surface area (Å²) in [5.74, 6) is 0. The van der Waals surface area contributed by atoms with E-state index in [9.17, 15) is 0 Å². The Bertz CT molecular complexity index is 3150. The fourth-order valence-corrected chi connectivity index (χ4v) is 10.1. The Hall–Kier alpha value is -7.42. The molecule has 0 saturated heterocycles. The van der Waals surface area contributed by atoms with Crippen molar-refractivity contribution in [2.75, 3.05) is 4.90 Å². The Kier molecular flexibility index (Phi) is 6.88. The van der Waals surface area contributed by atoms with E-state index in [4.69, 9.17) is 0 Å². The second-order valence-corrected chi connectivity index (χ2v) is 15.3. The van der Waals surface area contributed by atoms with Crippen molar-refractivity contribution in [2.24, 2.45) is 0 Å². The molecule has 1 aromatic heterocycles. The van der Waals surface area contributed by atoms with Gasteiger partial charge in [0.15, 0.2) is 0 Å². The van der Waals surface area contributed by atoms with E-state index in [0.29, 0.717) is 0 Å². The molecule has 2 aliphatic carbocycles. The Morgan fingerprint density at radius 2 is 0.825 bits per heavy atom. The van der Waals surface area contributed by atoms with Crippen LogP contribution in [-0.2, 0) is 5.41 Å². The summed E-state index contributed by atoms with van der Waals surface area (Å²) in [7, 11) is 0. The number of para-hydroxylation sites is 2. The summed E-state index contributed by atoms with van der Waals surface area (Å²) in [5.41, 5.74) is 19.5. The Morgan fingerprint density at radius 1 is 0.316 bits per heavy atom. The maximum atomic E-state index is 2.45. The van der Waals surface area contributed by atoms with Crippen molar-refractivity contribution in [3.05, 3.63) is 241 Å². The van der Waals surface area contributed by atoms with Gasteiger partial charge in [0.05, 0.1) is 16.4 Å². The standard InChI is InChI=1S/C55H36N2/c1-3-16-37(17-4-1)38-18-15-21-40(34-38)56(42-30-32-47-46-25-10-14-29-53(46)57(54(47)36-42)39-19-5-2-6-20-39)41-31-33-52-48(35-41)45-24-9-13-28-51(45)55(52)49-26-11-7-22-43(49)44-23-8-12-27-50(44)55/h1-36H. The lowest BCUT2D eigenvalue weighted by Crippen LogP contribution is -2.25. The first kappa shape index (κ1) is 31.9. The van der Waals surface area contributed by atoms with E-state index in [1.54, 1.807) is 0 Å². The van der Waals surface area contributed by atoms with E-state index in [2.05, 4.69) is 228 Å². The molecular formula is C55H36N2. The third-order valence-electron chi connectivity index (χ3n) is 12.4. The SMILES string of the molecule is c1ccc(-c2cccc(N(c3ccc4c(c3)-c3ccccc3C43c4ccccc4-c4ccccc43)c3ccc4c5ccccc5n(-c5ccccc5)c4c3)c2)cc1. The van der Waals surface area contributed by atoms with E-state index in [1.165, 1.54) is 77.4 Å². The second kappa shape index (κ2) is 12.3. The first-order valence-electron chi connectivity index (χ1n) is 19.8. The number of benzene rings is 9. The summed E-state index contributed by atoms with van der Waals surface area (Å²) in [6.45, 7) is 0. The molecule has 0 saturated carbocycles. The van der Waals surface area contributed by atoms with Gasteiger partial charge in [0, 0.05) is 33.5 Å². The molecule has 57 heavy (non-hydrogen) atoms. The number of nitrogens with zero attached hydrogens (tertiary/aromatic N) is 2. The molecule has 2 nitrogen and oxygen atoms in total. The molecule has 2 aliphatic rings. The summed E-state index contributed by atoms with van der Waals surface area (Å²) < 4.78 is 2.41. The zero-order valence-corrected chi connectivity index (χ0v) is 31.2. The number of hydrogen-bond donors (Lipinski definition) is 0. The lowest BCUT2D eigenvalue weighted by Gasteiger charge is -2.31. The van der Waals surface area contributed by atoms with Gasteiger partial charge in [-0.3, -0.25) is 0 Å². The summed E-state index contributed by atoms with van der Waals surface area (Å²) in [6, 6.07) is 80.5. The molecular weight excluding hydrogens is 689 g/mol. The first-order chi connectivity index (χ1) is 28.3. The Labute approximate surface area is 332 Å². The fraction of sp³-hybridized carbons (Fsp3) is 0.0182. The van der Waals surface area contributed by atoms with Gasteiger partial charge in [-0.2, -0.15) is 0 Å². The highest BCUT2D eigenvalue weighted by Crippen LogP contribution is 2.63. The van der Waals surface area contributed by atoms with Gasteiger partial charge >= 0.3 is 0 Å². The van der Waals surface area contributed by atoms with Crippen LogP contribution in [0.1, 0.15) is 22.3 Å². The van der Waals surface area contributed by atoms with Gasteiger partial charge in [0.25, 0.3) is 0 Å². The predicted octanol–water partition coefficient (Wildman–Crippen LogP) is 14.3. The van der Waals surface area contributed by atoms with Gasteiger partial charge in [-0.25, -0.2) is 0 Å². The molecule has 10 aromatic rings. The average Bonchev–Trinajstić information content (AvgIpc) is 3.89. The van der Waals surface area contributed by atoms with Crippen LogP contribution in [0.5, 0.6) is 0 Å². The smallest absolute Gasteiger partial charge is 0.0725 e. The number of aromatic nitrogens is 1. The molecule has 0 bridgehead atoms. The van der Waals surface area contributed by atoms with Crippen molar-refractivity contribution in [2.45, 2.75) is 5.41 Å². The van der Waals surface area contributed by atoms with Crippen LogP contribution in [0.15, 0.2) is 218 Å². The van der Waals surface area contributed by atoms with Crippen LogP contribution in [0.25, 0.3) is 60.9 Å². The molecule has 1 spiro atoms. The molecule has 0 aliphatic heterocycles. The number of hydrogen-bond acceptors (Lipinski definition) is 1.